The van der Waals surface area contributed by atoms with Gasteiger partial charge in [0.15, 0.2) is 0 Å². The van der Waals surface area contributed by atoms with Crippen molar-refractivity contribution in [2.75, 3.05) is 38.7 Å². The molecular weight excluding hydrogens is 572 g/mol. The number of anilines is 1. The van der Waals surface area contributed by atoms with Crippen molar-refractivity contribution in [2.45, 2.75) is 56.8 Å². The summed E-state index contributed by atoms with van der Waals surface area (Å²) in [7, 11) is 1.85. The molecule has 2 N–H and O–H groups in total. The molecule has 4 aromatic rings. The lowest BCUT2D eigenvalue weighted by Gasteiger charge is -2.33. The second-order valence-corrected chi connectivity index (χ2v) is 11.0. The number of amides is 1. The number of carbonyl (C=O) groups is 1. The van der Waals surface area contributed by atoms with Crippen LogP contribution in [0.4, 0.5) is 23.2 Å². The summed E-state index contributed by atoms with van der Waals surface area (Å²) in [6, 6.07) is 6.15. The van der Waals surface area contributed by atoms with E-state index < -0.39 is 30.8 Å². The predicted molar refractivity (Wildman–Crippen MR) is 148 cm³/mol. The number of rotatable bonds is 8. The second-order valence-electron chi connectivity index (χ2n) is 11.0. The number of carbonyl (C=O) groups excluding carboxylic acids is 1. The van der Waals surface area contributed by atoms with Crippen molar-refractivity contribution >= 4 is 22.5 Å². The molecule has 6 rings (SSSR count). The Bertz CT molecular complexity index is 1580. The third-order valence-corrected chi connectivity index (χ3v) is 7.89. The van der Waals surface area contributed by atoms with E-state index in [-0.39, 0.29) is 36.5 Å². The van der Waals surface area contributed by atoms with Crippen molar-refractivity contribution in [3.8, 4) is 11.5 Å². The molecule has 0 spiro atoms. The summed E-state index contributed by atoms with van der Waals surface area (Å²) >= 11 is 0. The Morgan fingerprint density at radius 2 is 2.00 bits per heavy atom. The minimum absolute atomic E-state index is 0.0222. The number of halogens is 4. The standard InChI is InChI=1S/C28H32F4N8O3/c1-38-8-5-22(20(29)15-38)35-21-3-2-4-23-19(21)11-24(39(23)16-28(30,31)32)26-36-25(43-37-26)13-33-27(41)17-12-34-40(14-17)18-6-9-42-10-7-18/h2-4,11-12,14,18,20,22,35H,5-10,13,15-16H2,1H3,(H,33,41)/t20-,22+/m0/s1. The Labute approximate surface area is 244 Å². The van der Waals surface area contributed by atoms with E-state index in [9.17, 15) is 22.4 Å². The average molecular weight is 605 g/mol. The Balaban J connectivity index is 1.21. The normalized spacial score (nSPS) is 20.5. The van der Waals surface area contributed by atoms with Crippen LogP contribution in [0.5, 0.6) is 0 Å². The zero-order chi connectivity index (χ0) is 30.1. The quantitative estimate of drug-likeness (QED) is 0.288. The van der Waals surface area contributed by atoms with Gasteiger partial charge < -0.3 is 29.4 Å². The SMILES string of the molecule is CN1CC[C@@H](Nc2cccc3c2cc(-c2noc(CNC(=O)c4cnn(C5CCOCC5)c4)n2)n3CC(F)(F)F)[C@@H](F)C1. The van der Waals surface area contributed by atoms with Crippen molar-refractivity contribution in [2.24, 2.45) is 0 Å². The van der Waals surface area contributed by atoms with Crippen LogP contribution < -0.4 is 10.6 Å². The Kier molecular flexibility index (Phi) is 8.09. The van der Waals surface area contributed by atoms with Gasteiger partial charge in [0, 0.05) is 43.6 Å². The van der Waals surface area contributed by atoms with Crippen LogP contribution in [0.1, 0.15) is 41.6 Å². The molecule has 1 aromatic carbocycles. The molecule has 0 radical (unpaired) electrons. The second kappa shape index (κ2) is 12.0. The van der Waals surface area contributed by atoms with Crippen LogP contribution in [0, 0.1) is 0 Å². The van der Waals surface area contributed by atoms with Crippen molar-refractivity contribution in [3.05, 3.63) is 48.1 Å². The number of nitrogens with one attached hydrogen (secondary N) is 2. The van der Waals surface area contributed by atoms with Crippen LogP contribution in [-0.2, 0) is 17.8 Å². The number of fused-ring (bicyclic) bond motifs is 1. The van der Waals surface area contributed by atoms with Gasteiger partial charge in [0.2, 0.25) is 11.7 Å². The fraction of sp³-hybridized carbons (Fsp3) is 0.500. The summed E-state index contributed by atoms with van der Waals surface area (Å²) in [6.07, 6.45) is -0.338. The van der Waals surface area contributed by atoms with Gasteiger partial charge in [-0.25, -0.2) is 4.39 Å². The maximum atomic E-state index is 14.8. The van der Waals surface area contributed by atoms with E-state index in [4.69, 9.17) is 9.26 Å². The Morgan fingerprint density at radius 1 is 1.19 bits per heavy atom. The van der Waals surface area contributed by atoms with Gasteiger partial charge in [-0.1, -0.05) is 11.2 Å². The summed E-state index contributed by atoms with van der Waals surface area (Å²) in [6.45, 7) is 0.842. The first-order valence-corrected chi connectivity index (χ1v) is 14.2. The van der Waals surface area contributed by atoms with Gasteiger partial charge >= 0.3 is 6.18 Å². The number of hydrogen-bond acceptors (Lipinski definition) is 8. The highest BCUT2D eigenvalue weighted by Crippen LogP contribution is 2.35. The highest BCUT2D eigenvalue weighted by molar-refractivity contribution is 5.96. The van der Waals surface area contributed by atoms with E-state index >= 15 is 0 Å². The fourth-order valence-corrected chi connectivity index (χ4v) is 5.66. The maximum absolute atomic E-state index is 14.8. The molecule has 0 unspecified atom stereocenters. The Morgan fingerprint density at radius 3 is 2.77 bits per heavy atom. The largest absolute Gasteiger partial charge is 0.406 e. The van der Waals surface area contributed by atoms with Crippen LogP contribution >= 0.6 is 0 Å². The molecule has 2 aliphatic rings. The van der Waals surface area contributed by atoms with Gasteiger partial charge in [0.05, 0.1) is 41.6 Å². The monoisotopic (exact) mass is 604 g/mol. The summed E-state index contributed by atoms with van der Waals surface area (Å²) in [5, 5.41) is 14.6. The Hall–Kier alpha value is -3.98. The van der Waals surface area contributed by atoms with Gasteiger partial charge in [0.25, 0.3) is 5.91 Å². The van der Waals surface area contributed by atoms with Crippen LogP contribution in [0.15, 0.2) is 41.2 Å². The van der Waals surface area contributed by atoms with Crippen molar-refractivity contribution < 1.29 is 31.6 Å². The van der Waals surface area contributed by atoms with Crippen molar-refractivity contribution in [1.82, 2.24) is 34.7 Å². The highest BCUT2D eigenvalue weighted by atomic mass is 19.4. The minimum atomic E-state index is -4.53. The van der Waals surface area contributed by atoms with E-state index in [2.05, 4.69) is 25.9 Å². The van der Waals surface area contributed by atoms with Gasteiger partial charge in [-0.05, 0) is 44.5 Å². The number of ether oxygens (including phenoxy) is 1. The molecule has 43 heavy (non-hydrogen) atoms. The predicted octanol–water partition coefficient (Wildman–Crippen LogP) is 4.19. The number of nitrogens with zero attached hydrogens (tertiary/aromatic N) is 6. The van der Waals surface area contributed by atoms with Crippen LogP contribution in [0.25, 0.3) is 22.4 Å². The van der Waals surface area contributed by atoms with Gasteiger partial charge in [0.1, 0.15) is 12.7 Å². The zero-order valence-corrected chi connectivity index (χ0v) is 23.5. The maximum Gasteiger partial charge on any atom is 0.406 e. The summed E-state index contributed by atoms with van der Waals surface area (Å²) in [5.41, 5.74) is 1.26. The smallest absolute Gasteiger partial charge is 0.381 e. The first-order chi connectivity index (χ1) is 20.6. The number of hydrogen-bond donors (Lipinski definition) is 2. The molecule has 2 saturated heterocycles. The van der Waals surface area contributed by atoms with Crippen molar-refractivity contribution in [3.63, 3.8) is 0 Å². The lowest BCUT2D eigenvalue weighted by Crippen LogP contribution is -2.46. The lowest BCUT2D eigenvalue weighted by molar-refractivity contribution is -0.139. The zero-order valence-electron chi connectivity index (χ0n) is 23.5. The molecule has 2 atom stereocenters. The molecule has 11 nitrogen and oxygen atoms in total. The third kappa shape index (κ3) is 6.51. The molecule has 0 bridgehead atoms. The molecular formula is C28H32F4N8O3. The molecule has 5 heterocycles. The topological polar surface area (TPSA) is 115 Å². The highest BCUT2D eigenvalue weighted by Gasteiger charge is 2.32. The van der Waals surface area contributed by atoms with E-state index in [1.54, 1.807) is 35.1 Å². The summed E-state index contributed by atoms with van der Waals surface area (Å²) < 4.78 is 69.3. The van der Waals surface area contributed by atoms with Crippen LogP contribution in [0.3, 0.4) is 0 Å². The van der Waals surface area contributed by atoms with E-state index in [1.165, 1.54) is 6.20 Å². The minimum Gasteiger partial charge on any atom is -0.381 e. The van der Waals surface area contributed by atoms with E-state index in [0.29, 0.717) is 48.3 Å². The molecule has 0 aliphatic carbocycles. The molecule has 0 saturated carbocycles. The molecule has 230 valence electrons. The average Bonchev–Trinajstić information content (AvgIpc) is 3.73. The number of likely N-dealkylation sites (tertiary alicyclic amines) is 1. The van der Waals surface area contributed by atoms with Gasteiger partial charge in [-0.15, -0.1) is 0 Å². The van der Waals surface area contributed by atoms with Crippen LogP contribution in [0.2, 0.25) is 0 Å². The molecule has 15 heteroatoms. The third-order valence-electron chi connectivity index (χ3n) is 7.89. The first kappa shape index (κ1) is 29.1. The first-order valence-electron chi connectivity index (χ1n) is 14.2. The van der Waals surface area contributed by atoms with Gasteiger partial charge in [-0.3, -0.25) is 9.48 Å². The van der Waals surface area contributed by atoms with Crippen molar-refractivity contribution in [1.29, 1.82) is 0 Å². The fourth-order valence-electron chi connectivity index (χ4n) is 5.66. The van der Waals surface area contributed by atoms with E-state index in [0.717, 1.165) is 17.4 Å². The molecule has 2 aliphatic heterocycles. The van der Waals surface area contributed by atoms with Gasteiger partial charge in [-0.2, -0.15) is 23.3 Å². The molecule has 3 aromatic heterocycles. The number of benzene rings is 1. The summed E-state index contributed by atoms with van der Waals surface area (Å²) in [4.78, 5) is 18.9. The van der Waals surface area contributed by atoms with Crippen LogP contribution in [-0.4, -0.2) is 87.0 Å². The number of alkyl halides is 4. The molecule has 2 fully saturated rings. The lowest BCUT2D eigenvalue weighted by atomic mass is 10.0. The number of aromatic nitrogens is 5. The molecule has 1 amide bonds. The van der Waals surface area contributed by atoms with E-state index in [1.807, 2.05) is 11.9 Å². The number of piperidine rings is 1. The summed E-state index contributed by atoms with van der Waals surface area (Å²) in [5.74, 6) is -0.445.